The number of hydrogen-bond donors (Lipinski definition) is 2. The summed E-state index contributed by atoms with van der Waals surface area (Å²) >= 11 is 0. The number of anilines is 1. The summed E-state index contributed by atoms with van der Waals surface area (Å²) in [7, 11) is 0. The van der Waals surface area contributed by atoms with E-state index in [4.69, 9.17) is 0 Å². The Labute approximate surface area is 179 Å². The third-order valence-electron chi connectivity index (χ3n) is 5.56. The minimum absolute atomic E-state index is 0.000411. The van der Waals surface area contributed by atoms with E-state index in [1.54, 1.807) is 30.0 Å². The van der Waals surface area contributed by atoms with Crippen LogP contribution in [0.1, 0.15) is 18.7 Å². The lowest BCUT2D eigenvalue weighted by atomic mass is 10.1. The second kappa shape index (κ2) is 8.99. The third-order valence-corrected chi connectivity index (χ3v) is 5.56. The SMILES string of the molecule is Cc1nc2ccccc2c(=O)n1CC(=O)N1CCC(NC(=O)Nc2ccccc2)CC1. The number of nitrogens with zero attached hydrogens (tertiary/aromatic N) is 3. The zero-order valence-corrected chi connectivity index (χ0v) is 17.4. The van der Waals surface area contributed by atoms with Crippen molar-refractivity contribution in [2.24, 2.45) is 0 Å². The van der Waals surface area contributed by atoms with Crippen LogP contribution in [0.2, 0.25) is 0 Å². The first-order valence-electron chi connectivity index (χ1n) is 10.4. The number of urea groups is 1. The number of carbonyl (C=O) groups excluding carboxylic acids is 2. The second-order valence-corrected chi connectivity index (χ2v) is 7.69. The van der Waals surface area contributed by atoms with E-state index in [1.165, 1.54) is 4.57 Å². The molecule has 31 heavy (non-hydrogen) atoms. The molecule has 3 aromatic rings. The molecule has 0 atom stereocenters. The Morgan fingerprint density at radius 3 is 2.45 bits per heavy atom. The smallest absolute Gasteiger partial charge is 0.319 e. The quantitative estimate of drug-likeness (QED) is 0.679. The number of carbonyl (C=O) groups is 2. The lowest BCUT2D eigenvalue weighted by Gasteiger charge is -2.32. The van der Waals surface area contributed by atoms with Crippen molar-refractivity contribution in [3.8, 4) is 0 Å². The fraction of sp³-hybridized carbons (Fsp3) is 0.304. The van der Waals surface area contributed by atoms with Crippen LogP contribution in [0.25, 0.3) is 10.9 Å². The van der Waals surface area contributed by atoms with Gasteiger partial charge >= 0.3 is 6.03 Å². The van der Waals surface area contributed by atoms with E-state index >= 15 is 0 Å². The highest BCUT2D eigenvalue weighted by atomic mass is 16.2. The molecule has 0 spiro atoms. The van der Waals surface area contributed by atoms with Gasteiger partial charge < -0.3 is 15.5 Å². The zero-order chi connectivity index (χ0) is 21.8. The molecule has 0 aliphatic carbocycles. The largest absolute Gasteiger partial charge is 0.341 e. The number of hydrogen-bond acceptors (Lipinski definition) is 4. The summed E-state index contributed by atoms with van der Waals surface area (Å²) < 4.78 is 1.43. The molecule has 2 heterocycles. The van der Waals surface area contributed by atoms with E-state index in [1.807, 2.05) is 36.4 Å². The lowest BCUT2D eigenvalue weighted by molar-refractivity contribution is -0.133. The summed E-state index contributed by atoms with van der Waals surface area (Å²) in [6.45, 7) is 2.77. The van der Waals surface area contributed by atoms with Gasteiger partial charge in [0.2, 0.25) is 5.91 Å². The predicted molar refractivity (Wildman–Crippen MR) is 119 cm³/mol. The molecule has 1 aromatic heterocycles. The van der Waals surface area contributed by atoms with Crippen molar-refractivity contribution in [3.05, 3.63) is 70.8 Å². The summed E-state index contributed by atoms with van der Waals surface area (Å²) in [5.41, 5.74) is 1.16. The molecule has 4 rings (SSSR count). The Morgan fingerprint density at radius 1 is 1.03 bits per heavy atom. The Balaban J connectivity index is 1.33. The molecule has 160 valence electrons. The van der Waals surface area contributed by atoms with E-state index < -0.39 is 0 Å². The van der Waals surface area contributed by atoms with Crippen LogP contribution in [0.3, 0.4) is 0 Å². The topological polar surface area (TPSA) is 96.3 Å². The van der Waals surface area contributed by atoms with Gasteiger partial charge in [-0.05, 0) is 44.0 Å². The maximum Gasteiger partial charge on any atom is 0.319 e. The molecule has 2 N–H and O–H groups in total. The van der Waals surface area contributed by atoms with Crippen molar-refractivity contribution in [3.63, 3.8) is 0 Å². The first-order chi connectivity index (χ1) is 15.0. The van der Waals surface area contributed by atoms with Gasteiger partial charge in [0, 0.05) is 24.8 Å². The summed E-state index contributed by atoms with van der Waals surface area (Å²) in [6, 6.07) is 16.2. The number of para-hydroxylation sites is 2. The first-order valence-corrected chi connectivity index (χ1v) is 10.4. The van der Waals surface area contributed by atoms with Gasteiger partial charge in [-0.15, -0.1) is 0 Å². The van der Waals surface area contributed by atoms with Gasteiger partial charge in [-0.25, -0.2) is 9.78 Å². The number of nitrogens with one attached hydrogen (secondary N) is 2. The Morgan fingerprint density at radius 2 is 1.71 bits per heavy atom. The predicted octanol–water partition coefficient (Wildman–Crippen LogP) is 2.52. The number of likely N-dealkylation sites (tertiary alicyclic amines) is 1. The number of piperidine rings is 1. The van der Waals surface area contributed by atoms with Crippen molar-refractivity contribution in [2.45, 2.75) is 32.4 Å². The molecular formula is C23H25N5O3. The van der Waals surface area contributed by atoms with Crippen molar-refractivity contribution < 1.29 is 9.59 Å². The van der Waals surface area contributed by atoms with Gasteiger partial charge in [0.1, 0.15) is 12.4 Å². The maximum atomic E-state index is 12.8. The standard InChI is InChI=1S/C23H25N5O3/c1-16-24-20-10-6-5-9-19(20)22(30)28(16)15-21(29)27-13-11-18(12-14-27)26-23(31)25-17-7-3-2-4-8-17/h2-10,18H,11-15H2,1H3,(H2,25,26,31). The van der Waals surface area contributed by atoms with Crippen LogP contribution in [0.5, 0.6) is 0 Å². The molecule has 1 aliphatic heterocycles. The van der Waals surface area contributed by atoms with E-state index in [0.29, 0.717) is 42.7 Å². The minimum atomic E-state index is -0.250. The summed E-state index contributed by atoms with van der Waals surface area (Å²) in [5, 5.41) is 6.28. The summed E-state index contributed by atoms with van der Waals surface area (Å²) in [4.78, 5) is 44.0. The number of amides is 3. The van der Waals surface area contributed by atoms with Crippen LogP contribution >= 0.6 is 0 Å². The molecule has 3 amide bonds. The van der Waals surface area contributed by atoms with Gasteiger partial charge in [-0.2, -0.15) is 0 Å². The van der Waals surface area contributed by atoms with E-state index in [9.17, 15) is 14.4 Å². The Hall–Kier alpha value is -3.68. The van der Waals surface area contributed by atoms with Crippen LogP contribution < -0.4 is 16.2 Å². The summed E-state index contributed by atoms with van der Waals surface area (Å²) in [6.07, 6.45) is 1.33. The average molecular weight is 419 g/mol. The number of rotatable bonds is 4. The fourth-order valence-electron chi connectivity index (χ4n) is 3.85. The molecule has 8 heteroatoms. The molecule has 0 radical (unpaired) electrons. The zero-order valence-electron chi connectivity index (χ0n) is 17.4. The Bertz CT molecular complexity index is 1150. The first kappa shape index (κ1) is 20.6. The number of aromatic nitrogens is 2. The molecule has 2 aromatic carbocycles. The van der Waals surface area contributed by atoms with Crippen LogP contribution in [0.15, 0.2) is 59.4 Å². The maximum absolute atomic E-state index is 12.8. The highest BCUT2D eigenvalue weighted by Gasteiger charge is 2.24. The molecule has 1 fully saturated rings. The molecular weight excluding hydrogens is 394 g/mol. The third kappa shape index (κ3) is 4.74. The molecule has 1 saturated heterocycles. The second-order valence-electron chi connectivity index (χ2n) is 7.69. The van der Waals surface area contributed by atoms with Crippen molar-refractivity contribution >= 4 is 28.5 Å². The van der Waals surface area contributed by atoms with E-state index in [-0.39, 0.29) is 30.1 Å². The van der Waals surface area contributed by atoms with Crippen LogP contribution in [-0.2, 0) is 11.3 Å². The van der Waals surface area contributed by atoms with Gasteiger partial charge in [-0.3, -0.25) is 14.2 Å². The number of aryl methyl sites for hydroxylation is 1. The average Bonchev–Trinajstić information content (AvgIpc) is 2.77. The van der Waals surface area contributed by atoms with Gasteiger partial charge in [-0.1, -0.05) is 30.3 Å². The van der Waals surface area contributed by atoms with Crippen LogP contribution in [-0.4, -0.2) is 45.5 Å². The molecule has 0 saturated carbocycles. The van der Waals surface area contributed by atoms with Crippen LogP contribution in [0, 0.1) is 6.92 Å². The van der Waals surface area contributed by atoms with Gasteiger partial charge in [0.05, 0.1) is 10.9 Å². The molecule has 0 bridgehead atoms. The van der Waals surface area contributed by atoms with Gasteiger partial charge in [0.15, 0.2) is 0 Å². The van der Waals surface area contributed by atoms with Gasteiger partial charge in [0.25, 0.3) is 5.56 Å². The van der Waals surface area contributed by atoms with Crippen molar-refractivity contribution in [1.29, 1.82) is 0 Å². The van der Waals surface area contributed by atoms with Crippen LogP contribution in [0.4, 0.5) is 10.5 Å². The van der Waals surface area contributed by atoms with Crippen molar-refractivity contribution in [2.75, 3.05) is 18.4 Å². The number of fused-ring (bicyclic) bond motifs is 1. The number of benzene rings is 2. The molecule has 0 unspecified atom stereocenters. The minimum Gasteiger partial charge on any atom is -0.341 e. The van der Waals surface area contributed by atoms with E-state index in [2.05, 4.69) is 15.6 Å². The molecule has 1 aliphatic rings. The lowest BCUT2D eigenvalue weighted by Crippen LogP contribution is -2.48. The monoisotopic (exact) mass is 419 g/mol. The normalized spacial score (nSPS) is 14.4. The highest BCUT2D eigenvalue weighted by Crippen LogP contribution is 2.13. The fourth-order valence-corrected chi connectivity index (χ4v) is 3.85. The van der Waals surface area contributed by atoms with Crippen molar-refractivity contribution in [1.82, 2.24) is 19.8 Å². The Kier molecular flexibility index (Phi) is 5.97. The van der Waals surface area contributed by atoms with E-state index in [0.717, 1.165) is 5.69 Å². The highest BCUT2D eigenvalue weighted by molar-refractivity contribution is 5.89. The molecule has 8 nitrogen and oxygen atoms in total. The summed E-state index contributed by atoms with van der Waals surface area (Å²) in [5.74, 6) is 0.403.